The van der Waals surface area contributed by atoms with Crippen LogP contribution in [0.1, 0.15) is 26.3 Å². The number of hydrogen-bond donors (Lipinski definition) is 0. The number of rotatable bonds is 9. The zero-order chi connectivity index (χ0) is 22.5. The fourth-order valence-electron chi connectivity index (χ4n) is 2.90. The van der Waals surface area contributed by atoms with Crippen LogP contribution in [0.5, 0.6) is 11.5 Å². The Kier molecular flexibility index (Phi) is 7.30. The second-order valence-corrected chi connectivity index (χ2v) is 10.2. The highest BCUT2D eigenvalue weighted by Gasteiger charge is 2.43. The predicted molar refractivity (Wildman–Crippen MR) is 112 cm³/mol. The van der Waals surface area contributed by atoms with Crippen LogP contribution in [-0.4, -0.2) is 26.9 Å². The smallest absolute Gasteiger partial charge is 0.342 e. The molecule has 2 aromatic carbocycles. The molecule has 0 aliphatic heterocycles. The standard InChI is InChI=1S/C20H23N2O6PS/c1-5-27-18-8-6-7-9-19(18)30(25,26)22(20(3,4)29(23)24)16-12-15(2)13-17(14-16)28-11-10-21/h6-9,12-14H,5,11H2,1-4H3. The topological polar surface area (TPSA) is 114 Å². The van der Waals surface area contributed by atoms with E-state index >= 15 is 0 Å². The summed E-state index contributed by atoms with van der Waals surface area (Å²) in [5.41, 5.74) is 0.731. The summed E-state index contributed by atoms with van der Waals surface area (Å²) in [4.78, 5) is -0.155. The Morgan fingerprint density at radius 3 is 2.40 bits per heavy atom. The third-order valence-corrected chi connectivity index (χ3v) is 7.45. The zero-order valence-electron chi connectivity index (χ0n) is 17.2. The zero-order valence-corrected chi connectivity index (χ0v) is 18.9. The van der Waals surface area contributed by atoms with E-state index in [4.69, 9.17) is 14.7 Å². The van der Waals surface area contributed by atoms with Crippen molar-refractivity contribution in [1.82, 2.24) is 0 Å². The lowest BCUT2D eigenvalue weighted by atomic mass is 10.2. The number of benzene rings is 2. The number of ether oxygens (including phenoxy) is 2. The molecule has 10 heteroatoms. The van der Waals surface area contributed by atoms with Gasteiger partial charge < -0.3 is 9.47 Å². The van der Waals surface area contributed by atoms with Gasteiger partial charge in [-0.1, -0.05) is 12.1 Å². The number of sulfonamides is 1. The van der Waals surface area contributed by atoms with Gasteiger partial charge in [0, 0.05) is 6.07 Å². The van der Waals surface area contributed by atoms with Gasteiger partial charge >= 0.3 is 7.68 Å². The third-order valence-electron chi connectivity index (χ3n) is 4.18. The molecule has 0 heterocycles. The van der Waals surface area contributed by atoms with Gasteiger partial charge in [-0.15, -0.1) is 0 Å². The molecule has 0 aliphatic rings. The van der Waals surface area contributed by atoms with E-state index in [1.807, 2.05) is 6.07 Å². The monoisotopic (exact) mass is 450 g/mol. The highest BCUT2D eigenvalue weighted by molar-refractivity contribution is 7.93. The normalized spacial score (nSPS) is 11.4. The van der Waals surface area contributed by atoms with E-state index in [9.17, 15) is 17.5 Å². The minimum absolute atomic E-state index is 0.0958. The molecule has 30 heavy (non-hydrogen) atoms. The van der Waals surface area contributed by atoms with E-state index in [0.29, 0.717) is 5.56 Å². The first kappa shape index (κ1) is 23.5. The fourth-order valence-corrected chi connectivity index (χ4v) is 5.49. The van der Waals surface area contributed by atoms with E-state index in [1.54, 1.807) is 32.0 Å². The van der Waals surface area contributed by atoms with Crippen molar-refractivity contribution in [3.05, 3.63) is 48.0 Å². The SMILES string of the molecule is CCOc1ccccc1S(=O)(=O)N(c1cc(C)cc(OCC#N)c1)C(C)(C)P(=O)=O. The Hall–Kier alpha value is -2.82. The summed E-state index contributed by atoms with van der Waals surface area (Å²) in [6.45, 7) is 6.05. The number of aryl methyl sites for hydroxylation is 1. The van der Waals surface area contributed by atoms with Crippen molar-refractivity contribution in [3.63, 3.8) is 0 Å². The Bertz CT molecular complexity index is 1130. The molecule has 0 saturated heterocycles. The first-order valence-corrected chi connectivity index (χ1v) is 11.7. The van der Waals surface area contributed by atoms with Crippen LogP contribution in [0.4, 0.5) is 5.69 Å². The first-order chi connectivity index (χ1) is 14.1. The molecule has 0 spiro atoms. The molecule has 0 aromatic heterocycles. The summed E-state index contributed by atoms with van der Waals surface area (Å²) in [7, 11) is -7.56. The van der Waals surface area contributed by atoms with Crippen LogP contribution in [-0.2, 0) is 19.2 Å². The summed E-state index contributed by atoms with van der Waals surface area (Å²) in [5, 5.41) is 6.96. The van der Waals surface area contributed by atoms with Gasteiger partial charge in [-0.3, -0.25) is 0 Å². The van der Waals surface area contributed by atoms with E-state index in [1.165, 1.54) is 38.1 Å². The Morgan fingerprint density at radius 1 is 1.13 bits per heavy atom. The van der Waals surface area contributed by atoms with E-state index in [2.05, 4.69) is 0 Å². The number of nitriles is 1. The van der Waals surface area contributed by atoms with E-state index < -0.39 is 23.0 Å². The van der Waals surface area contributed by atoms with Crippen molar-refractivity contribution < 1.29 is 27.0 Å². The summed E-state index contributed by atoms with van der Waals surface area (Å²) >= 11 is 0. The van der Waals surface area contributed by atoms with E-state index in [-0.39, 0.29) is 35.3 Å². The van der Waals surface area contributed by atoms with Gasteiger partial charge in [0.1, 0.15) is 22.5 Å². The lowest BCUT2D eigenvalue weighted by Gasteiger charge is -2.34. The molecular weight excluding hydrogens is 427 g/mol. The Morgan fingerprint density at radius 2 is 1.80 bits per heavy atom. The van der Waals surface area contributed by atoms with Crippen molar-refractivity contribution in [2.45, 2.75) is 37.9 Å². The summed E-state index contributed by atoms with van der Waals surface area (Å²) in [5.74, 6) is 0.373. The molecule has 0 fully saturated rings. The fraction of sp³-hybridized carbons (Fsp3) is 0.350. The van der Waals surface area contributed by atoms with Gasteiger partial charge in [0.25, 0.3) is 10.0 Å². The second kappa shape index (κ2) is 9.33. The summed E-state index contributed by atoms with van der Waals surface area (Å²) < 4.78 is 63.2. The van der Waals surface area contributed by atoms with Crippen LogP contribution in [0, 0.1) is 18.3 Å². The lowest BCUT2D eigenvalue weighted by Crippen LogP contribution is -2.45. The minimum Gasteiger partial charge on any atom is -0.492 e. The molecule has 0 bridgehead atoms. The molecule has 0 amide bonds. The van der Waals surface area contributed by atoms with Crippen molar-refractivity contribution in [2.75, 3.05) is 17.5 Å². The molecule has 0 saturated carbocycles. The molecule has 0 unspecified atom stereocenters. The molecule has 160 valence electrons. The summed E-state index contributed by atoms with van der Waals surface area (Å²) in [6.07, 6.45) is 0. The number of nitrogens with zero attached hydrogens (tertiary/aromatic N) is 2. The first-order valence-electron chi connectivity index (χ1n) is 9.09. The number of para-hydroxylation sites is 1. The maximum Gasteiger partial charge on any atom is 0.342 e. The van der Waals surface area contributed by atoms with Crippen LogP contribution < -0.4 is 13.8 Å². The van der Waals surface area contributed by atoms with Crippen LogP contribution in [0.2, 0.25) is 0 Å². The van der Waals surface area contributed by atoms with Crippen LogP contribution in [0.3, 0.4) is 0 Å². The van der Waals surface area contributed by atoms with Gasteiger partial charge in [0.15, 0.2) is 11.9 Å². The summed E-state index contributed by atoms with van der Waals surface area (Å²) in [6, 6.07) is 12.5. The Labute approximate surface area is 176 Å². The molecule has 0 aliphatic carbocycles. The number of anilines is 1. The maximum absolute atomic E-state index is 13.7. The largest absolute Gasteiger partial charge is 0.492 e. The van der Waals surface area contributed by atoms with Gasteiger partial charge in [0.2, 0.25) is 0 Å². The van der Waals surface area contributed by atoms with Gasteiger partial charge in [-0.05, 0) is 57.5 Å². The van der Waals surface area contributed by atoms with Crippen LogP contribution >= 0.6 is 7.68 Å². The highest BCUT2D eigenvalue weighted by atomic mass is 32.2. The number of hydrogen-bond acceptors (Lipinski definition) is 7. The minimum atomic E-state index is -4.36. The van der Waals surface area contributed by atoms with E-state index in [0.717, 1.165) is 4.31 Å². The Balaban J connectivity index is 2.78. The van der Waals surface area contributed by atoms with Crippen LogP contribution in [0.25, 0.3) is 0 Å². The highest BCUT2D eigenvalue weighted by Crippen LogP contribution is 2.43. The quantitative estimate of drug-likeness (QED) is 0.520. The molecule has 0 radical (unpaired) electrons. The van der Waals surface area contributed by atoms with Crippen molar-refractivity contribution in [1.29, 1.82) is 5.26 Å². The molecule has 0 N–H and O–H groups in total. The third kappa shape index (κ3) is 4.84. The average molecular weight is 450 g/mol. The molecule has 0 atom stereocenters. The van der Waals surface area contributed by atoms with Gasteiger partial charge in [-0.2, -0.15) is 5.26 Å². The lowest BCUT2D eigenvalue weighted by molar-refractivity contribution is 0.331. The van der Waals surface area contributed by atoms with Crippen molar-refractivity contribution in [2.24, 2.45) is 0 Å². The molecule has 8 nitrogen and oxygen atoms in total. The maximum atomic E-state index is 13.7. The second-order valence-electron chi connectivity index (χ2n) is 6.85. The molecule has 2 aromatic rings. The van der Waals surface area contributed by atoms with Crippen molar-refractivity contribution in [3.8, 4) is 17.6 Å². The average Bonchev–Trinajstić information content (AvgIpc) is 2.66. The van der Waals surface area contributed by atoms with Crippen LogP contribution in [0.15, 0.2) is 47.4 Å². The van der Waals surface area contributed by atoms with Gasteiger partial charge in [-0.25, -0.2) is 21.9 Å². The van der Waals surface area contributed by atoms with Gasteiger partial charge in [0.05, 0.1) is 12.3 Å². The van der Waals surface area contributed by atoms with Crippen molar-refractivity contribution >= 4 is 23.4 Å². The molecular formula is C20H23N2O6PS. The predicted octanol–water partition coefficient (Wildman–Crippen LogP) is 4.40. The molecule has 2 rings (SSSR count).